The van der Waals surface area contributed by atoms with Crippen LogP contribution in [0.2, 0.25) is 0 Å². The first-order chi connectivity index (χ1) is 10.7. The lowest BCUT2D eigenvalue weighted by atomic mass is 10.2. The number of hydrogen-bond donors (Lipinski definition) is 3. The molecule has 2 aromatic rings. The van der Waals surface area contributed by atoms with E-state index >= 15 is 0 Å². The van der Waals surface area contributed by atoms with Crippen molar-refractivity contribution >= 4 is 17.3 Å². The molecule has 0 aliphatic heterocycles. The molecule has 3 N–H and O–H groups in total. The molecule has 1 aromatic carbocycles. The second-order valence-corrected chi connectivity index (χ2v) is 5.67. The Hall–Kier alpha value is -2.21. The summed E-state index contributed by atoms with van der Waals surface area (Å²) in [5, 5.41) is 18.3. The van der Waals surface area contributed by atoms with Crippen LogP contribution in [0.15, 0.2) is 40.7 Å². The van der Waals surface area contributed by atoms with E-state index in [1.807, 2.05) is 19.1 Å². The number of aliphatic imine (C=N–C) groups is 1. The van der Waals surface area contributed by atoms with Crippen LogP contribution in [-0.4, -0.2) is 24.7 Å². The normalized spacial score (nSPS) is 11.3. The van der Waals surface area contributed by atoms with Crippen molar-refractivity contribution in [2.24, 2.45) is 4.99 Å². The number of guanidine groups is 1. The van der Waals surface area contributed by atoms with Crippen molar-refractivity contribution in [1.82, 2.24) is 10.6 Å². The number of hydrogen-bond acceptors (Lipinski definition) is 4. The number of rotatable bonds is 6. The predicted octanol–water partition coefficient (Wildman–Crippen LogP) is 2.72. The van der Waals surface area contributed by atoms with Crippen LogP contribution in [0.4, 0.5) is 0 Å². The van der Waals surface area contributed by atoms with Gasteiger partial charge in [0, 0.05) is 11.4 Å². The third-order valence-corrected chi connectivity index (χ3v) is 3.89. The van der Waals surface area contributed by atoms with Gasteiger partial charge in [-0.3, -0.25) is 0 Å². The number of phenols is 1. The lowest BCUT2D eigenvalue weighted by Gasteiger charge is -2.11. The Balaban J connectivity index is 1.98. The average Bonchev–Trinajstić information content (AvgIpc) is 3.03. The Morgan fingerprint density at radius 3 is 2.82 bits per heavy atom. The van der Waals surface area contributed by atoms with Gasteiger partial charge in [-0.1, -0.05) is 12.1 Å². The maximum Gasteiger partial charge on any atom is 0.191 e. The molecule has 0 aliphatic carbocycles. The maximum atomic E-state index is 9.78. The second-order valence-electron chi connectivity index (χ2n) is 4.63. The minimum Gasteiger partial charge on any atom is -0.504 e. The van der Waals surface area contributed by atoms with Crippen LogP contribution in [-0.2, 0) is 13.1 Å². The van der Waals surface area contributed by atoms with E-state index in [4.69, 9.17) is 4.74 Å². The fourth-order valence-corrected chi connectivity index (χ4v) is 2.57. The lowest BCUT2D eigenvalue weighted by Crippen LogP contribution is -2.36. The molecule has 0 radical (unpaired) electrons. The maximum absolute atomic E-state index is 9.78. The van der Waals surface area contributed by atoms with E-state index in [1.165, 1.54) is 12.0 Å². The minimum atomic E-state index is 0.131. The summed E-state index contributed by atoms with van der Waals surface area (Å²) in [7, 11) is 1.53. The largest absolute Gasteiger partial charge is 0.504 e. The fourth-order valence-electron chi connectivity index (χ4n) is 1.93. The second kappa shape index (κ2) is 8.29. The van der Waals surface area contributed by atoms with E-state index in [-0.39, 0.29) is 5.75 Å². The van der Waals surface area contributed by atoms with E-state index in [9.17, 15) is 5.11 Å². The first-order valence-electron chi connectivity index (χ1n) is 7.13. The molecule has 0 amide bonds. The number of thiophene rings is 1. The van der Waals surface area contributed by atoms with Crippen LogP contribution in [0.3, 0.4) is 0 Å². The number of methoxy groups -OCH3 is 1. The van der Waals surface area contributed by atoms with Crippen molar-refractivity contribution in [2.75, 3.05) is 13.7 Å². The molecule has 0 spiro atoms. The Labute approximate surface area is 134 Å². The summed E-state index contributed by atoms with van der Waals surface area (Å²) in [4.78, 5) is 5.78. The van der Waals surface area contributed by atoms with E-state index in [0.717, 1.165) is 24.6 Å². The number of nitrogens with zero attached hydrogens (tertiary/aromatic N) is 1. The molecule has 0 aliphatic rings. The smallest absolute Gasteiger partial charge is 0.191 e. The Kier molecular flexibility index (Phi) is 6.09. The van der Waals surface area contributed by atoms with Gasteiger partial charge in [0.2, 0.25) is 0 Å². The van der Waals surface area contributed by atoms with Crippen molar-refractivity contribution in [2.45, 2.75) is 20.0 Å². The first-order valence-corrected chi connectivity index (χ1v) is 8.01. The summed E-state index contributed by atoms with van der Waals surface area (Å²) >= 11 is 1.71. The van der Waals surface area contributed by atoms with Gasteiger partial charge in [-0.2, -0.15) is 0 Å². The van der Waals surface area contributed by atoms with Crippen molar-refractivity contribution in [3.63, 3.8) is 0 Å². The number of aromatic hydroxyl groups is 1. The molecule has 1 heterocycles. The van der Waals surface area contributed by atoms with Crippen molar-refractivity contribution < 1.29 is 9.84 Å². The Bertz CT molecular complexity index is 612. The van der Waals surface area contributed by atoms with Crippen molar-refractivity contribution in [1.29, 1.82) is 0 Å². The van der Waals surface area contributed by atoms with Gasteiger partial charge in [0.25, 0.3) is 0 Å². The van der Waals surface area contributed by atoms with Gasteiger partial charge in [0.1, 0.15) is 0 Å². The topological polar surface area (TPSA) is 65.9 Å². The highest BCUT2D eigenvalue weighted by Crippen LogP contribution is 2.26. The van der Waals surface area contributed by atoms with Gasteiger partial charge >= 0.3 is 0 Å². The van der Waals surface area contributed by atoms with Gasteiger partial charge in [0.05, 0.1) is 20.2 Å². The molecule has 0 atom stereocenters. The average molecular weight is 319 g/mol. The summed E-state index contributed by atoms with van der Waals surface area (Å²) in [6.07, 6.45) is 0. The number of nitrogens with one attached hydrogen (secondary N) is 2. The molecular formula is C16H21N3O2S. The quantitative estimate of drug-likeness (QED) is 0.566. The van der Waals surface area contributed by atoms with Crippen LogP contribution in [0, 0.1) is 0 Å². The summed E-state index contributed by atoms with van der Waals surface area (Å²) < 4.78 is 5.03. The fraction of sp³-hybridized carbons (Fsp3) is 0.312. The summed E-state index contributed by atoms with van der Waals surface area (Å²) in [5.41, 5.74) is 0.923. The highest BCUT2D eigenvalue weighted by Gasteiger charge is 2.03. The first kappa shape index (κ1) is 16.2. The van der Waals surface area contributed by atoms with E-state index in [1.54, 1.807) is 23.5 Å². The molecule has 0 saturated heterocycles. The van der Waals surface area contributed by atoms with Crippen molar-refractivity contribution in [3.05, 3.63) is 46.2 Å². The molecule has 0 bridgehead atoms. The molecule has 0 saturated carbocycles. The predicted molar refractivity (Wildman–Crippen MR) is 90.6 cm³/mol. The molecule has 2 rings (SSSR count). The van der Waals surface area contributed by atoms with Crippen LogP contribution in [0.5, 0.6) is 11.5 Å². The van der Waals surface area contributed by atoms with E-state index in [2.05, 4.69) is 27.1 Å². The minimum absolute atomic E-state index is 0.131. The standard InChI is InChI=1S/C16H21N3O2S/c1-3-17-16(19-11-13-5-4-8-22-13)18-10-12-6-7-15(21-2)14(20)9-12/h4-9,20H,3,10-11H2,1-2H3,(H2,17,18,19). The molecular weight excluding hydrogens is 298 g/mol. The molecule has 22 heavy (non-hydrogen) atoms. The highest BCUT2D eigenvalue weighted by atomic mass is 32.1. The SMILES string of the molecule is CCNC(=NCc1ccc(OC)c(O)c1)NCc1cccs1. The monoisotopic (exact) mass is 319 g/mol. The van der Waals surface area contributed by atoms with Gasteiger partial charge in [-0.25, -0.2) is 4.99 Å². The van der Waals surface area contributed by atoms with Crippen LogP contribution < -0.4 is 15.4 Å². The lowest BCUT2D eigenvalue weighted by molar-refractivity contribution is 0.373. The van der Waals surface area contributed by atoms with Gasteiger partial charge < -0.3 is 20.5 Å². The van der Waals surface area contributed by atoms with Gasteiger partial charge in [-0.05, 0) is 36.1 Å². The zero-order valence-corrected chi connectivity index (χ0v) is 13.6. The number of benzene rings is 1. The molecule has 1 aromatic heterocycles. The highest BCUT2D eigenvalue weighted by molar-refractivity contribution is 7.09. The summed E-state index contributed by atoms with van der Waals surface area (Å²) in [6.45, 7) is 4.06. The Morgan fingerprint density at radius 1 is 1.32 bits per heavy atom. The van der Waals surface area contributed by atoms with Gasteiger partial charge in [-0.15, -0.1) is 11.3 Å². The molecule has 0 fully saturated rings. The number of phenolic OH excluding ortho intramolecular Hbond substituents is 1. The van der Waals surface area contributed by atoms with Crippen LogP contribution in [0.25, 0.3) is 0 Å². The van der Waals surface area contributed by atoms with Crippen molar-refractivity contribution in [3.8, 4) is 11.5 Å². The van der Waals surface area contributed by atoms with E-state index in [0.29, 0.717) is 12.3 Å². The van der Waals surface area contributed by atoms with Gasteiger partial charge in [0.15, 0.2) is 17.5 Å². The molecule has 0 unspecified atom stereocenters. The molecule has 6 heteroatoms. The summed E-state index contributed by atoms with van der Waals surface area (Å²) in [5.74, 6) is 1.36. The summed E-state index contributed by atoms with van der Waals surface area (Å²) in [6, 6.07) is 9.43. The van der Waals surface area contributed by atoms with Crippen LogP contribution in [0.1, 0.15) is 17.4 Å². The number of ether oxygens (including phenoxy) is 1. The zero-order valence-electron chi connectivity index (χ0n) is 12.8. The Morgan fingerprint density at radius 2 is 2.18 bits per heavy atom. The molecule has 5 nitrogen and oxygen atoms in total. The van der Waals surface area contributed by atoms with Crippen LogP contribution >= 0.6 is 11.3 Å². The third kappa shape index (κ3) is 4.66. The molecule has 118 valence electrons. The zero-order chi connectivity index (χ0) is 15.8. The van der Waals surface area contributed by atoms with E-state index < -0.39 is 0 Å². The third-order valence-electron chi connectivity index (χ3n) is 3.02.